The number of fused-ring (bicyclic) bond motifs is 1. The Kier molecular flexibility index (Phi) is 4.63. The van der Waals surface area contributed by atoms with Crippen LogP contribution in [0.1, 0.15) is 12.8 Å². The molecule has 8 heteroatoms. The third-order valence-electron chi connectivity index (χ3n) is 4.50. The number of aromatic nitrogens is 3. The molecule has 0 radical (unpaired) electrons. The zero-order chi connectivity index (χ0) is 17.2. The predicted molar refractivity (Wildman–Crippen MR) is 103 cm³/mol. The van der Waals surface area contributed by atoms with E-state index in [4.69, 9.17) is 0 Å². The zero-order valence-corrected chi connectivity index (χ0v) is 15.8. The molecular weight excluding hydrogens is 402 g/mol. The minimum atomic E-state index is 0.0139. The molecule has 1 aliphatic heterocycles. The molecule has 25 heavy (non-hydrogen) atoms. The van der Waals surface area contributed by atoms with Gasteiger partial charge in [0.1, 0.15) is 5.51 Å². The van der Waals surface area contributed by atoms with Gasteiger partial charge in [0.2, 0.25) is 11.0 Å². The van der Waals surface area contributed by atoms with Crippen LogP contribution in [0.25, 0.3) is 10.9 Å². The number of carbonyl (C=O) groups excluding carboxylic acids is 1. The van der Waals surface area contributed by atoms with E-state index >= 15 is 0 Å². The summed E-state index contributed by atoms with van der Waals surface area (Å²) >= 11 is 4.91. The molecule has 3 heterocycles. The van der Waals surface area contributed by atoms with Crippen LogP contribution in [0.5, 0.6) is 0 Å². The van der Waals surface area contributed by atoms with Crippen LogP contribution >= 0.6 is 27.3 Å². The number of rotatable bonds is 3. The van der Waals surface area contributed by atoms with Gasteiger partial charge >= 0.3 is 0 Å². The third-order valence-corrected chi connectivity index (χ3v) is 5.74. The zero-order valence-electron chi connectivity index (χ0n) is 13.4. The number of pyridine rings is 1. The average Bonchev–Trinajstić information content (AvgIpc) is 3.15. The topological polar surface area (TPSA) is 71.0 Å². The van der Waals surface area contributed by atoms with Crippen LogP contribution in [0.3, 0.4) is 0 Å². The fourth-order valence-electron chi connectivity index (χ4n) is 3.22. The second-order valence-electron chi connectivity index (χ2n) is 5.96. The van der Waals surface area contributed by atoms with Crippen molar-refractivity contribution in [2.45, 2.75) is 12.8 Å². The SMILES string of the molecule is O=C(Nc1nncs1)C1CCN(c2ccnc3c(Br)cccc23)CC1. The number of hydrogen-bond donors (Lipinski definition) is 1. The molecule has 2 aromatic heterocycles. The van der Waals surface area contributed by atoms with Gasteiger partial charge in [0.05, 0.1) is 5.52 Å². The van der Waals surface area contributed by atoms with Gasteiger partial charge in [-0.2, -0.15) is 0 Å². The molecule has 128 valence electrons. The van der Waals surface area contributed by atoms with Gasteiger partial charge in [0.25, 0.3) is 0 Å². The number of para-hydroxylation sites is 1. The number of nitrogens with zero attached hydrogens (tertiary/aromatic N) is 4. The van der Waals surface area contributed by atoms with E-state index in [2.05, 4.69) is 53.5 Å². The molecule has 0 aliphatic carbocycles. The van der Waals surface area contributed by atoms with Crippen LogP contribution in [0.2, 0.25) is 0 Å². The summed E-state index contributed by atoms with van der Waals surface area (Å²) in [5, 5.41) is 12.2. The molecule has 1 amide bonds. The quantitative estimate of drug-likeness (QED) is 0.703. The number of piperidine rings is 1. The van der Waals surface area contributed by atoms with Crippen molar-refractivity contribution in [3.05, 3.63) is 40.4 Å². The highest BCUT2D eigenvalue weighted by molar-refractivity contribution is 9.10. The van der Waals surface area contributed by atoms with Crippen molar-refractivity contribution in [3.63, 3.8) is 0 Å². The van der Waals surface area contributed by atoms with E-state index in [0.717, 1.165) is 41.3 Å². The maximum absolute atomic E-state index is 12.4. The number of nitrogens with one attached hydrogen (secondary N) is 1. The van der Waals surface area contributed by atoms with Gasteiger partial charge in [0, 0.05) is 40.8 Å². The van der Waals surface area contributed by atoms with Crippen molar-refractivity contribution in [1.29, 1.82) is 0 Å². The van der Waals surface area contributed by atoms with E-state index in [0.29, 0.717) is 5.13 Å². The summed E-state index contributed by atoms with van der Waals surface area (Å²) in [5.74, 6) is 0.0544. The molecule has 0 bridgehead atoms. The van der Waals surface area contributed by atoms with Gasteiger partial charge in [-0.25, -0.2) is 0 Å². The number of amides is 1. The normalized spacial score (nSPS) is 15.5. The highest BCUT2D eigenvalue weighted by Crippen LogP contribution is 2.32. The van der Waals surface area contributed by atoms with Gasteiger partial charge in [-0.05, 0) is 40.9 Å². The van der Waals surface area contributed by atoms with Crippen LogP contribution in [0, 0.1) is 5.92 Å². The maximum Gasteiger partial charge on any atom is 0.229 e. The molecule has 0 unspecified atom stereocenters. The molecule has 1 aliphatic rings. The molecule has 1 saturated heterocycles. The van der Waals surface area contributed by atoms with Crippen molar-refractivity contribution >= 4 is 54.9 Å². The van der Waals surface area contributed by atoms with Gasteiger partial charge in [-0.3, -0.25) is 9.78 Å². The van der Waals surface area contributed by atoms with Crippen LogP contribution in [-0.4, -0.2) is 34.2 Å². The summed E-state index contributed by atoms with van der Waals surface area (Å²) in [5.41, 5.74) is 3.76. The first kappa shape index (κ1) is 16.4. The van der Waals surface area contributed by atoms with Gasteiger partial charge in [-0.1, -0.05) is 23.5 Å². The molecule has 0 saturated carbocycles. The van der Waals surface area contributed by atoms with Crippen molar-refractivity contribution in [1.82, 2.24) is 15.2 Å². The second-order valence-corrected chi connectivity index (χ2v) is 7.65. The minimum absolute atomic E-state index is 0.0139. The predicted octanol–water partition coefficient (Wildman–Crippen LogP) is 3.70. The fraction of sp³-hybridized carbons (Fsp3) is 0.294. The molecule has 0 spiro atoms. The fourth-order valence-corrected chi connectivity index (χ4v) is 4.14. The third kappa shape index (κ3) is 3.36. The molecule has 1 N–H and O–H groups in total. The Bertz CT molecular complexity index is 893. The number of benzene rings is 1. The first-order chi connectivity index (χ1) is 12.2. The lowest BCUT2D eigenvalue weighted by Crippen LogP contribution is -2.38. The number of carbonyl (C=O) groups is 1. The average molecular weight is 418 g/mol. The first-order valence-corrected chi connectivity index (χ1v) is 9.75. The van der Waals surface area contributed by atoms with Crippen LogP contribution in [0.4, 0.5) is 10.8 Å². The summed E-state index contributed by atoms with van der Waals surface area (Å²) in [6.07, 6.45) is 3.49. The number of anilines is 2. The monoisotopic (exact) mass is 417 g/mol. The molecule has 4 rings (SSSR count). The van der Waals surface area contributed by atoms with Crippen molar-refractivity contribution in [3.8, 4) is 0 Å². The maximum atomic E-state index is 12.4. The van der Waals surface area contributed by atoms with Crippen molar-refractivity contribution in [2.75, 3.05) is 23.3 Å². The van der Waals surface area contributed by atoms with Gasteiger partial charge < -0.3 is 10.2 Å². The van der Waals surface area contributed by atoms with Crippen molar-refractivity contribution in [2.24, 2.45) is 5.92 Å². The van der Waals surface area contributed by atoms with Crippen LogP contribution < -0.4 is 10.2 Å². The standard InChI is InChI=1S/C17H16BrN5OS/c18-13-3-1-2-12-14(4-7-19-15(12)13)23-8-5-11(6-9-23)16(24)21-17-22-20-10-25-17/h1-4,7,10-11H,5-6,8-9H2,(H,21,22,24). The number of halogens is 1. The lowest BCUT2D eigenvalue weighted by molar-refractivity contribution is -0.120. The lowest BCUT2D eigenvalue weighted by Gasteiger charge is -2.33. The van der Waals surface area contributed by atoms with Gasteiger partial charge in [-0.15, -0.1) is 10.2 Å². The summed E-state index contributed by atoms with van der Waals surface area (Å²) in [6, 6.07) is 8.18. The Morgan fingerprint density at radius 2 is 2.12 bits per heavy atom. The summed E-state index contributed by atoms with van der Waals surface area (Å²) in [4.78, 5) is 19.2. The largest absolute Gasteiger partial charge is 0.371 e. The van der Waals surface area contributed by atoms with E-state index < -0.39 is 0 Å². The first-order valence-electron chi connectivity index (χ1n) is 8.07. The van der Waals surface area contributed by atoms with E-state index in [9.17, 15) is 4.79 Å². The second kappa shape index (κ2) is 7.05. The van der Waals surface area contributed by atoms with Crippen LogP contribution in [0.15, 0.2) is 40.4 Å². The Hall–Kier alpha value is -2.06. The summed E-state index contributed by atoms with van der Waals surface area (Å²) in [6.45, 7) is 1.69. The number of hydrogen-bond acceptors (Lipinski definition) is 6. The van der Waals surface area contributed by atoms with Crippen molar-refractivity contribution < 1.29 is 4.79 Å². The minimum Gasteiger partial charge on any atom is -0.371 e. The van der Waals surface area contributed by atoms with Gasteiger partial charge in [0.15, 0.2) is 0 Å². The molecule has 6 nitrogen and oxygen atoms in total. The Morgan fingerprint density at radius 1 is 1.28 bits per heavy atom. The van der Waals surface area contributed by atoms with E-state index in [1.54, 1.807) is 5.51 Å². The highest BCUT2D eigenvalue weighted by Gasteiger charge is 2.26. The smallest absolute Gasteiger partial charge is 0.229 e. The van der Waals surface area contributed by atoms with E-state index in [-0.39, 0.29) is 11.8 Å². The molecule has 1 fully saturated rings. The highest BCUT2D eigenvalue weighted by atomic mass is 79.9. The summed E-state index contributed by atoms with van der Waals surface area (Å²) in [7, 11) is 0. The molecule has 0 atom stereocenters. The Morgan fingerprint density at radius 3 is 2.88 bits per heavy atom. The summed E-state index contributed by atoms with van der Waals surface area (Å²) < 4.78 is 0.998. The Labute approximate surface area is 157 Å². The molecular formula is C17H16BrN5OS. The van der Waals surface area contributed by atoms with Crippen LogP contribution in [-0.2, 0) is 4.79 Å². The Balaban J connectivity index is 1.47. The lowest BCUT2D eigenvalue weighted by atomic mass is 9.95. The van der Waals surface area contributed by atoms with E-state index in [1.165, 1.54) is 17.0 Å². The molecule has 3 aromatic rings. The van der Waals surface area contributed by atoms with E-state index in [1.807, 2.05) is 18.3 Å². The molecule has 1 aromatic carbocycles.